The average Bonchev–Trinajstić information content (AvgIpc) is 2.40. The molecule has 1 aromatic rings. The number of hydrogen-bond acceptors (Lipinski definition) is 2. The molecule has 1 aromatic carbocycles. The van der Waals surface area contributed by atoms with Crippen molar-refractivity contribution in [2.75, 3.05) is 19.6 Å². The van der Waals surface area contributed by atoms with Crippen molar-refractivity contribution in [2.45, 2.75) is 46.7 Å². The van der Waals surface area contributed by atoms with Crippen LogP contribution in [0.3, 0.4) is 0 Å². The van der Waals surface area contributed by atoms with Crippen LogP contribution >= 0.6 is 0 Å². The first-order chi connectivity index (χ1) is 9.11. The van der Waals surface area contributed by atoms with Gasteiger partial charge in [-0.1, -0.05) is 45.0 Å². The van der Waals surface area contributed by atoms with Gasteiger partial charge in [0, 0.05) is 13.1 Å². The standard InChI is InChI=1S/C17H28N2/c1-4-18-13-15-7-5-6-8-16(15)14-19-11-9-17(2,3)10-12-19/h5-8,18H,4,9-14H2,1-3H3. The van der Waals surface area contributed by atoms with E-state index in [2.05, 4.69) is 55.3 Å². The van der Waals surface area contributed by atoms with Gasteiger partial charge in [-0.3, -0.25) is 4.90 Å². The Bertz CT molecular complexity index is 388. The van der Waals surface area contributed by atoms with Gasteiger partial charge in [0.05, 0.1) is 0 Å². The van der Waals surface area contributed by atoms with E-state index in [1.54, 1.807) is 0 Å². The average molecular weight is 260 g/mol. The van der Waals surface area contributed by atoms with Crippen LogP contribution in [0.5, 0.6) is 0 Å². The molecule has 0 bridgehead atoms. The molecule has 1 N–H and O–H groups in total. The van der Waals surface area contributed by atoms with Gasteiger partial charge in [-0.15, -0.1) is 0 Å². The lowest BCUT2D eigenvalue weighted by Crippen LogP contribution is -2.37. The first-order valence-corrected chi connectivity index (χ1v) is 7.60. The highest BCUT2D eigenvalue weighted by Crippen LogP contribution is 2.30. The Morgan fingerprint density at radius 3 is 2.37 bits per heavy atom. The van der Waals surface area contributed by atoms with Gasteiger partial charge in [0.25, 0.3) is 0 Å². The molecule has 0 unspecified atom stereocenters. The van der Waals surface area contributed by atoms with E-state index in [0.717, 1.165) is 19.6 Å². The minimum Gasteiger partial charge on any atom is -0.313 e. The minimum atomic E-state index is 0.541. The molecule has 1 fully saturated rings. The largest absolute Gasteiger partial charge is 0.313 e. The van der Waals surface area contributed by atoms with E-state index in [4.69, 9.17) is 0 Å². The van der Waals surface area contributed by atoms with Crippen LogP contribution in [0.15, 0.2) is 24.3 Å². The van der Waals surface area contributed by atoms with Crippen molar-refractivity contribution in [1.29, 1.82) is 0 Å². The lowest BCUT2D eigenvalue weighted by molar-refractivity contribution is 0.127. The minimum absolute atomic E-state index is 0.541. The third-order valence-electron chi connectivity index (χ3n) is 4.29. The summed E-state index contributed by atoms with van der Waals surface area (Å²) in [5, 5.41) is 3.44. The molecule has 0 amide bonds. The lowest BCUT2D eigenvalue weighted by Gasteiger charge is -2.37. The Morgan fingerprint density at radius 1 is 1.11 bits per heavy atom. The van der Waals surface area contributed by atoms with E-state index in [-0.39, 0.29) is 0 Å². The molecular weight excluding hydrogens is 232 g/mol. The second kappa shape index (κ2) is 6.53. The van der Waals surface area contributed by atoms with E-state index < -0.39 is 0 Å². The summed E-state index contributed by atoms with van der Waals surface area (Å²) in [6.45, 7) is 12.6. The van der Waals surface area contributed by atoms with Crippen molar-refractivity contribution < 1.29 is 0 Å². The van der Waals surface area contributed by atoms with E-state index in [1.165, 1.54) is 37.1 Å². The summed E-state index contributed by atoms with van der Waals surface area (Å²) >= 11 is 0. The van der Waals surface area contributed by atoms with Gasteiger partial charge < -0.3 is 5.32 Å². The quantitative estimate of drug-likeness (QED) is 0.872. The predicted molar refractivity (Wildman–Crippen MR) is 82.1 cm³/mol. The summed E-state index contributed by atoms with van der Waals surface area (Å²) in [6.07, 6.45) is 2.64. The molecular formula is C17H28N2. The molecule has 0 spiro atoms. The van der Waals surface area contributed by atoms with Crippen molar-refractivity contribution >= 4 is 0 Å². The third kappa shape index (κ3) is 4.32. The number of rotatable bonds is 5. The van der Waals surface area contributed by atoms with Crippen LogP contribution in [0.4, 0.5) is 0 Å². The molecule has 19 heavy (non-hydrogen) atoms. The summed E-state index contributed by atoms with van der Waals surface area (Å²) in [5.74, 6) is 0. The molecule has 106 valence electrons. The van der Waals surface area contributed by atoms with Crippen molar-refractivity contribution in [3.8, 4) is 0 Å². The first-order valence-electron chi connectivity index (χ1n) is 7.60. The fourth-order valence-corrected chi connectivity index (χ4v) is 2.70. The maximum absolute atomic E-state index is 3.44. The Labute approximate surface area is 118 Å². The van der Waals surface area contributed by atoms with Gasteiger partial charge in [-0.2, -0.15) is 0 Å². The summed E-state index contributed by atoms with van der Waals surface area (Å²) in [4.78, 5) is 2.61. The molecule has 2 heteroatoms. The Balaban J connectivity index is 1.95. The molecule has 2 rings (SSSR count). The van der Waals surface area contributed by atoms with Crippen LogP contribution in [0.1, 0.15) is 44.7 Å². The zero-order valence-corrected chi connectivity index (χ0v) is 12.7. The smallest absolute Gasteiger partial charge is 0.0236 e. The van der Waals surface area contributed by atoms with Crippen LogP contribution in [0.2, 0.25) is 0 Å². The van der Waals surface area contributed by atoms with Crippen LogP contribution in [0.25, 0.3) is 0 Å². The maximum Gasteiger partial charge on any atom is 0.0236 e. The molecule has 1 aliphatic rings. The highest BCUT2D eigenvalue weighted by atomic mass is 15.1. The van der Waals surface area contributed by atoms with E-state index >= 15 is 0 Å². The summed E-state index contributed by atoms with van der Waals surface area (Å²) < 4.78 is 0. The van der Waals surface area contributed by atoms with Crippen molar-refractivity contribution in [3.05, 3.63) is 35.4 Å². The molecule has 1 aliphatic heterocycles. The monoisotopic (exact) mass is 260 g/mol. The summed E-state index contributed by atoms with van der Waals surface area (Å²) in [6, 6.07) is 8.85. The maximum atomic E-state index is 3.44. The van der Waals surface area contributed by atoms with Crippen molar-refractivity contribution in [3.63, 3.8) is 0 Å². The van der Waals surface area contributed by atoms with Gasteiger partial charge in [-0.05, 0) is 49.0 Å². The Morgan fingerprint density at radius 2 is 1.74 bits per heavy atom. The van der Waals surface area contributed by atoms with Gasteiger partial charge in [0.1, 0.15) is 0 Å². The van der Waals surface area contributed by atoms with Gasteiger partial charge in [-0.25, -0.2) is 0 Å². The van der Waals surface area contributed by atoms with E-state index in [9.17, 15) is 0 Å². The van der Waals surface area contributed by atoms with E-state index in [1.807, 2.05) is 0 Å². The number of hydrogen-bond donors (Lipinski definition) is 1. The van der Waals surface area contributed by atoms with Gasteiger partial charge >= 0.3 is 0 Å². The molecule has 0 atom stereocenters. The van der Waals surface area contributed by atoms with Crippen LogP contribution in [-0.4, -0.2) is 24.5 Å². The third-order valence-corrected chi connectivity index (χ3v) is 4.29. The number of likely N-dealkylation sites (tertiary alicyclic amines) is 1. The van der Waals surface area contributed by atoms with Gasteiger partial charge in [0.15, 0.2) is 0 Å². The molecule has 1 saturated heterocycles. The van der Waals surface area contributed by atoms with Gasteiger partial charge in [0.2, 0.25) is 0 Å². The fraction of sp³-hybridized carbons (Fsp3) is 0.647. The molecule has 0 aliphatic carbocycles. The highest BCUT2D eigenvalue weighted by Gasteiger charge is 2.25. The Hall–Kier alpha value is -0.860. The molecule has 2 nitrogen and oxygen atoms in total. The number of nitrogens with zero attached hydrogens (tertiary/aromatic N) is 1. The summed E-state index contributed by atoms with van der Waals surface area (Å²) in [5.41, 5.74) is 3.48. The van der Waals surface area contributed by atoms with Crippen molar-refractivity contribution in [2.24, 2.45) is 5.41 Å². The van der Waals surface area contributed by atoms with Crippen LogP contribution in [-0.2, 0) is 13.1 Å². The van der Waals surface area contributed by atoms with E-state index in [0.29, 0.717) is 5.41 Å². The SMILES string of the molecule is CCNCc1ccccc1CN1CCC(C)(C)CC1. The molecule has 0 aromatic heterocycles. The molecule has 0 saturated carbocycles. The second-order valence-corrected chi connectivity index (χ2v) is 6.49. The zero-order valence-electron chi connectivity index (χ0n) is 12.7. The molecule has 1 heterocycles. The molecule has 0 radical (unpaired) electrons. The normalized spacial score (nSPS) is 19.5. The van der Waals surface area contributed by atoms with Crippen LogP contribution < -0.4 is 5.32 Å². The number of piperidine rings is 1. The fourth-order valence-electron chi connectivity index (χ4n) is 2.70. The highest BCUT2D eigenvalue weighted by molar-refractivity contribution is 5.27. The first kappa shape index (κ1) is 14.5. The topological polar surface area (TPSA) is 15.3 Å². The van der Waals surface area contributed by atoms with Crippen LogP contribution in [0, 0.1) is 5.41 Å². The lowest BCUT2D eigenvalue weighted by atomic mass is 9.82. The zero-order chi connectivity index (χ0) is 13.7. The predicted octanol–water partition coefficient (Wildman–Crippen LogP) is 3.42. The summed E-state index contributed by atoms with van der Waals surface area (Å²) in [7, 11) is 0. The number of nitrogens with one attached hydrogen (secondary N) is 1. The number of benzene rings is 1. The van der Waals surface area contributed by atoms with Crippen molar-refractivity contribution in [1.82, 2.24) is 10.2 Å². The Kier molecular flexibility index (Phi) is 5.00. The second-order valence-electron chi connectivity index (χ2n) is 6.49.